The number of hydrogen-bond donors (Lipinski definition) is 2. The van der Waals surface area contributed by atoms with Gasteiger partial charge in [0.05, 0.1) is 4.90 Å². The van der Waals surface area contributed by atoms with Crippen LogP contribution in [0.3, 0.4) is 0 Å². The summed E-state index contributed by atoms with van der Waals surface area (Å²) in [6, 6.07) is 16.9. The van der Waals surface area contributed by atoms with E-state index in [1.165, 1.54) is 19.1 Å². The number of amides is 1. The van der Waals surface area contributed by atoms with Crippen LogP contribution in [0, 0.1) is 0 Å². The van der Waals surface area contributed by atoms with Crippen LogP contribution in [0.5, 0.6) is 11.5 Å². The van der Waals surface area contributed by atoms with Crippen LogP contribution in [-0.2, 0) is 24.3 Å². The summed E-state index contributed by atoms with van der Waals surface area (Å²) >= 11 is 0. The molecule has 0 saturated heterocycles. The highest BCUT2D eigenvalue weighted by Gasteiger charge is 2.21. The van der Waals surface area contributed by atoms with Crippen LogP contribution < -0.4 is 19.5 Å². The van der Waals surface area contributed by atoms with Crippen molar-refractivity contribution in [3.63, 3.8) is 0 Å². The average molecular weight is 471 g/mol. The number of fused-ring (bicyclic) bond motifs is 2. The maximum atomic E-state index is 12.5. The van der Waals surface area contributed by atoms with Crippen LogP contribution in [0.2, 0.25) is 0 Å². The Morgan fingerprint density at radius 1 is 0.970 bits per heavy atom. The molecule has 0 spiro atoms. The van der Waals surface area contributed by atoms with Crippen LogP contribution in [0.4, 0.5) is 5.69 Å². The van der Waals surface area contributed by atoms with E-state index in [1.54, 1.807) is 36.4 Å². The van der Waals surface area contributed by atoms with Crippen molar-refractivity contribution in [2.45, 2.75) is 17.9 Å². The van der Waals surface area contributed by atoms with Gasteiger partial charge in [0.1, 0.15) is 19.8 Å². The molecule has 1 heterocycles. The Morgan fingerprint density at radius 3 is 2.48 bits per heavy atom. The number of rotatable bonds is 7. The molecular weight excluding hydrogens is 448 g/mol. The minimum Gasteiger partial charge on any atom is -0.486 e. The molecule has 1 atom stereocenters. The first-order chi connectivity index (χ1) is 15.8. The number of carbonyl (C=O) groups is 2. The predicted molar refractivity (Wildman–Crippen MR) is 121 cm³/mol. The van der Waals surface area contributed by atoms with E-state index in [-0.39, 0.29) is 4.90 Å². The topological polar surface area (TPSA) is 120 Å². The predicted octanol–water partition coefficient (Wildman–Crippen LogP) is 2.46. The number of nitrogens with one attached hydrogen (secondary N) is 2. The van der Waals surface area contributed by atoms with E-state index >= 15 is 0 Å². The second-order valence-electron chi connectivity index (χ2n) is 7.31. The molecule has 3 aromatic carbocycles. The third-order valence-electron chi connectivity index (χ3n) is 4.92. The number of anilines is 1. The van der Waals surface area contributed by atoms with Crippen molar-refractivity contribution in [2.75, 3.05) is 25.1 Å². The summed E-state index contributed by atoms with van der Waals surface area (Å²) in [4.78, 5) is 24.5. The van der Waals surface area contributed by atoms with E-state index in [0.29, 0.717) is 30.4 Å². The minimum atomic E-state index is -3.94. The molecule has 0 aromatic heterocycles. The fourth-order valence-electron chi connectivity index (χ4n) is 3.23. The van der Waals surface area contributed by atoms with Gasteiger partial charge in [-0.1, -0.05) is 30.3 Å². The van der Waals surface area contributed by atoms with Gasteiger partial charge < -0.3 is 19.5 Å². The number of hydrogen-bond acceptors (Lipinski definition) is 7. The summed E-state index contributed by atoms with van der Waals surface area (Å²) < 4.78 is 43.2. The molecule has 0 aliphatic carbocycles. The normalized spacial score (nSPS) is 13.8. The fraction of sp³-hybridized carbons (Fsp3) is 0.217. The van der Waals surface area contributed by atoms with Crippen LogP contribution in [0.25, 0.3) is 10.8 Å². The van der Waals surface area contributed by atoms with Gasteiger partial charge in [0.2, 0.25) is 10.0 Å². The average Bonchev–Trinajstić information content (AvgIpc) is 2.82. The van der Waals surface area contributed by atoms with Crippen molar-refractivity contribution in [1.82, 2.24) is 4.72 Å². The first-order valence-corrected chi connectivity index (χ1v) is 11.7. The van der Waals surface area contributed by atoms with Crippen molar-refractivity contribution in [3.05, 3.63) is 60.7 Å². The molecule has 172 valence electrons. The summed E-state index contributed by atoms with van der Waals surface area (Å²) in [5, 5.41) is 4.28. The molecule has 2 N–H and O–H groups in total. The van der Waals surface area contributed by atoms with Gasteiger partial charge in [-0.2, -0.15) is 4.72 Å². The van der Waals surface area contributed by atoms with Crippen LogP contribution >= 0.6 is 0 Å². The lowest BCUT2D eigenvalue weighted by molar-refractivity contribution is -0.151. The molecule has 0 unspecified atom stereocenters. The molecule has 1 amide bonds. The Balaban J connectivity index is 1.31. The zero-order valence-corrected chi connectivity index (χ0v) is 18.6. The van der Waals surface area contributed by atoms with E-state index in [0.717, 1.165) is 10.8 Å². The van der Waals surface area contributed by atoms with E-state index in [4.69, 9.17) is 14.2 Å². The lowest BCUT2D eigenvalue weighted by Crippen LogP contribution is -2.35. The SMILES string of the molecule is C[C@@H](OC(=O)CNS(=O)(=O)c1ccc2ccccc2c1)C(=O)Nc1ccc2c(c1)OCCO2. The van der Waals surface area contributed by atoms with Crippen molar-refractivity contribution in [2.24, 2.45) is 0 Å². The summed E-state index contributed by atoms with van der Waals surface area (Å²) in [6.45, 7) is 1.64. The molecule has 0 fully saturated rings. The van der Waals surface area contributed by atoms with Gasteiger partial charge >= 0.3 is 5.97 Å². The first-order valence-electron chi connectivity index (χ1n) is 10.2. The Bertz CT molecular complexity index is 1310. The highest BCUT2D eigenvalue weighted by molar-refractivity contribution is 7.89. The van der Waals surface area contributed by atoms with Gasteiger partial charge in [0, 0.05) is 11.8 Å². The fourth-order valence-corrected chi connectivity index (χ4v) is 4.23. The van der Waals surface area contributed by atoms with E-state index in [2.05, 4.69) is 10.0 Å². The molecule has 33 heavy (non-hydrogen) atoms. The van der Waals surface area contributed by atoms with Crippen molar-refractivity contribution >= 4 is 38.4 Å². The van der Waals surface area contributed by atoms with Gasteiger partial charge in [-0.25, -0.2) is 8.42 Å². The molecule has 3 aromatic rings. The molecule has 0 radical (unpaired) electrons. The van der Waals surface area contributed by atoms with Crippen molar-refractivity contribution < 1.29 is 32.2 Å². The van der Waals surface area contributed by atoms with Gasteiger partial charge in [0.25, 0.3) is 5.91 Å². The molecule has 1 aliphatic rings. The zero-order valence-electron chi connectivity index (χ0n) is 17.7. The van der Waals surface area contributed by atoms with Crippen molar-refractivity contribution in [3.8, 4) is 11.5 Å². The lowest BCUT2D eigenvalue weighted by Gasteiger charge is -2.19. The maximum Gasteiger partial charge on any atom is 0.321 e. The van der Waals surface area contributed by atoms with Crippen LogP contribution in [0.15, 0.2) is 65.6 Å². The maximum absolute atomic E-state index is 12.5. The number of ether oxygens (including phenoxy) is 3. The Hall–Kier alpha value is -3.63. The molecule has 0 saturated carbocycles. The van der Waals surface area contributed by atoms with Gasteiger partial charge in [-0.05, 0) is 42.0 Å². The first kappa shape index (κ1) is 22.6. The quantitative estimate of drug-likeness (QED) is 0.509. The Kier molecular flexibility index (Phi) is 6.47. The summed E-state index contributed by atoms with van der Waals surface area (Å²) in [5.74, 6) is -0.370. The molecule has 9 nitrogen and oxygen atoms in total. The second-order valence-corrected chi connectivity index (χ2v) is 9.08. The Labute approximate surface area is 190 Å². The van der Waals surface area contributed by atoms with Gasteiger partial charge in [-0.3, -0.25) is 9.59 Å². The summed E-state index contributed by atoms with van der Waals surface area (Å²) in [5.41, 5.74) is 0.448. The number of carbonyl (C=O) groups excluding carboxylic acids is 2. The lowest BCUT2D eigenvalue weighted by atomic mass is 10.1. The molecule has 1 aliphatic heterocycles. The summed E-state index contributed by atoms with van der Waals surface area (Å²) in [7, 11) is -3.94. The molecule has 10 heteroatoms. The minimum absolute atomic E-state index is 0.0263. The smallest absolute Gasteiger partial charge is 0.321 e. The standard InChI is InChI=1S/C23H22N2O7S/c1-15(23(27)25-18-7-9-20-21(13-18)31-11-10-30-20)32-22(26)14-24-33(28,29)19-8-6-16-4-2-3-5-17(16)12-19/h2-9,12-13,15,24H,10-11,14H2,1H3,(H,25,27)/t15-/m1/s1. The third kappa shape index (κ3) is 5.41. The van der Waals surface area contributed by atoms with Crippen LogP contribution in [-0.4, -0.2) is 46.2 Å². The number of sulfonamides is 1. The van der Waals surface area contributed by atoms with Crippen LogP contribution in [0.1, 0.15) is 6.92 Å². The van der Waals surface area contributed by atoms with E-state index < -0.39 is 34.5 Å². The highest BCUT2D eigenvalue weighted by Crippen LogP contribution is 2.32. The molecular formula is C23H22N2O7S. The largest absolute Gasteiger partial charge is 0.486 e. The monoisotopic (exact) mass is 470 g/mol. The number of esters is 1. The van der Waals surface area contributed by atoms with E-state index in [1.807, 2.05) is 12.1 Å². The zero-order chi connectivity index (χ0) is 23.4. The van der Waals surface area contributed by atoms with E-state index in [9.17, 15) is 18.0 Å². The van der Waals surface area contributed by atoms with Gasteiger partial charge in [-0.15, -0.1) is 0 Å². The molecule has 4 rings (SSSR count). The third-order valence-corrected chi connectivity index (χ3v) is 6.32. The molecule has 0 bridgehead atoms. The number of benzene rings is 3. The highest BCUT2D eigenvalue weighted by atomic mass is 32.2. The van der Waals surface area contributed by atoms with Crippen molar-refractivity contribution in [1.29, 1.82) is 0 Å². The Morgan fingerprint density at radius 2 is 1.70 bits per heavy atom. The second kappa shape index (κ2) is 9.47. The summed E-state index contributed by atoms with van der Waals surface area (Å²) in [6.07, 6.45) is -1.14. The van der Waals surface area contributed by atoms with Gasteiger partial charge in [0.15, 0.2) is 17.6 Å².